The molecule has 0 fully saturated rings. The number of methoxy groups -OCH3 is 2. The van der Waals surface area contributed by atoms with Gasteiger partial charge in [-0.3, -0.25) is 0 Å². The van der Waals surface area contributed by atoms with Crippen LogP contribution in [0.4, 0.5) is 0 Å². The van der Waals surface area contributed by atoms with Crippen molar-refractivity contribution in [2.45, 2.75) is 20.1 Å². The first kappa shape index (κ1) is 14.4. The lowest BCUT2D eigenvalue weighted by atomic mass is 10.1. The second-order valence-electron chi connectivity index (χ2n) is 4.66. The predicted molar refractivity (Wildman–Crippen MR) is 79.2 cm³/mol. The van der Waals surface area contributed by atoms with Crippen LogP contribution in [0.2, 0.25) is 0 Å². The minimum atomic E-state index is 0.540. The van der Waals surface area contributed by atoms with Crippen molar-refractivity contribution in [1.29, 1.82) is 0 Å². The van der Waals surface area contributed by atoms with Crippen LogP contribution in [0.15, 0.2) is 42.5 Å². The smallest absolute Gasteiger partial charge is 0.123 e. The van der Waals surface area contributed by atoms with E-state index in [1.165, 1.54) is 11.1 Å². The van der Waals surface area contributed by atoms with Gasteiger partial charge in [0.15, 0.2) is 0 Å². The Balaban J connectivity index is 2.12. The maximum Gasteiger partial charge on any atom is 0.123 e. The normalized spacial score (nSPS) is 10.3. The van der Waals surface area contributed by atoms with Crippen molar-refractivity contribution >= 4 is 0 Å². The molecule has 0 heterocycles. The van der Waals surface area contributed by atoms with Crippen LogP contribution in [-0.2, 0) is 18.0 Å². The molecule has 2 aromatic carbocycles. The summed E-state index contributed by atoms with van der Waals surface area (Å²) in [5, 5.41) is 0. The summed E-state index contributed by atoms with van der Waals surface area (Å²) in [5.41, 5.74) is 3.45. The fourth-order valence-electron chi connectivity index (χ4n) is 2.01. The molecule has 0 aliphatic heterocycles. The van der Waals surface area contributed by atoms with Crippen LogP contribution in [0.5, 0.6) is 11.5 Å². The van der Waals surface area contributed by atoms with E-state index < -0.39 is 0 Å². The molecule has 2 rings (SSSR count). The predicted octanol–water partition coefficient (Wildman–Crippen LogP) is 3.73. The lowest BCUT2D eigenvalue weighted by molar-refractivity contribution is 0.184. The number of hydrogen-bond acceptors (Lipinski definition) is 3. The summed E-state index contributed by atoms with van der Waals surface area (Å²) in [6.07, 6.45) is 0. The van der Waals surface area contributed by atoms with Crippen LogP contribution in [0, 0.1) is 6.92 Å². The first-order valence-electron chi connectivity index (χ1n) is 6.57. The van der Waals surface area contributed by atoms with E-state index in [1.807, 2.05) is 30.3 Å². The zero-order chi connectivity index (χ0) is 14.4. The van der Waals surface area contributed by atoms with E-state index in [4.69, 9.17) is 14.2 Å². The number of hydrogen-bond donors (Lipinski definition) is 0. The summed E-state index contributed by atoms with van der Waals surface area (Å²) in [4.78, 5) is 0. The molecule has 0 atom stereocenters. The number of aryl methyl sites for hydroxylation is 1. The molecule has 0 spiro atoms. The largest absolute Gasteiger partial charge is 0.497 e. The summed E-state index contributed by atoms with van der Waals surface area (Å²) in [6.45, 7) is 3.17. The molecule has 0 saturated carbocycles. The van der Waals surface area contributed by atoms with E-state index in [0.29, 0.717) is 13.2 Å². The third-order valence-electron chi connectivity index (χ3n) is 3.14. The van der Waals surface area contributed by atoms with Crippen molar-refractivity contribution in [1.82, 2.24) is 0 Å². The van der Waals surface area contributed by atoms with Gasteiger partial charge in [-0.15, -0.1) is 0 Å². The maximum atomic E-state index is 5.87. The molecule has 0 aliphatic rings. The highest BCUT2D eigenvalue weighted by molar-refractivity contribution is 5.38. The lowest BCUT2D eigenvalue weighted by Gasteiger charge is -2.11. The Kier molecular flexibility index (Phi) is 5.02. The molecule has 20 heavy (non-hydrogen) atoms. The van der Waals surface area contributed by atoms with Gasteiger partial charge in [-0.05, 0) is 35.7 Å². The van der Waals surface area contributed by atoms with Crippen LogP contribution >= 0.6 is 0 Å². The van der Waals surface area contributed by atoms with Crippen LogP contribution in [0.1, 0.15) is 16.7 Å². The zero-order valence-electron chi connectivity index (χ0n) is 12.2. The molecule has 0 saturated heterocycles. The third-order valence-corrected chi connectivity index (χ3v) is 3.14. The summed E-state index contributed by atoms with van der Waals surface area (Å²) < 4.78 is 16.3. The first-order chi connectivity index (χ1) is 9.72. The van der Waals surface area contributed by atoms with Gasteiger partial charge < -0.3 is 14.2 Å². The van der Waals surface area contributed by atoms with Crippen molar-refractivity contribution in [2.75, 3.05) is 14.2 Å². The minimum Gasteiger partial charge on any atom is -0.497 e. The Morgan fingerprint density at radius 3 is 2.35 bits per heavy atom. The van der Waals surface area contributed by atoms with Gasteiger partial charge in [-0.2, -0.15) is 0 Å². The van der Waals surface area contributed by atoms with Gasteiger partial charge in [0.05, 0.1) is 13.7 Å². The molecule has 3 nitrogen and oxygen atoms in total. The molecule has 0 radical (unpaired) electrons. The summed E-state index contributed by atoms with van der Waals surface area (Å²) in [7, 11) is 3.32. The van der Waals surface area contributed by atoms with Gasteiger partial charge in [-0.25, -0.2) is 0 Å². The molecule has 0 N–H and O–H groups in total. The Labute approximate surface area is 120 Å². The second-order valence-corrected chi connectivity index (χ2v) is 4.66. The molecule has 0 unspecified atom stereocenters. The van der Waals surface area contributed by atoms with Gasteiger partial charge in [0.1, 0.15) is 18.1 Å². The summed E-state index contributed by atoms with van der Waals surface area (Å²) in [6, 6.07) is 14.0. The monoisotopic (exact) mass is 272 g/mol. The van der Waals surface area contributed by atoms with Crippen molar-refractivity contribution in [3.05, 3.63) is 59.2 Å². The van der Waals surface area contributed by atoms with E-state index >= 15 is 0 Å². The standard InChI is InChI=1S/C17H20O3/c1-13-6-4-5-7-15(13)12-20-17-9-14(11-18-2)8-16(10-17)19-3/h4-10H,11-12H2,1-3H3. The molecule has 0 bridgehead atoms. The third kappa shape index (κ3) is 3.75. The van der Waals surface area contributed by atoms with Crippen molar-refractivity contribution in [2.24, 2.45) is 0 Å². The topological polar surface area (TPSA) is 27.7 Å². The van der Waals surface area contributed by atoms with E-state index in [1.54, 1.807) is 14.2 Å². The summed E-state index contributed by atoms with van der Waals surface area (Å²) in [5.74, 6) is 1.57. The van der Waals surface area contributed by atoms with E-state index in [0.717, 1.165) is 17.1 Å². The van der Waals surface area contributed by atoms with Gasteiger partial charge in [0, 0.05) is 13.2 Å². The molecule has 0 aromatic heterocycles. The van der Waals surface area contributed by atoms with Gasteiger partial charge in [0.25, 0.3) is 0 Å². The average molecular weight is 272 g/mol. The average Bonchev–Trinajstić information content (AvgIpc) is 2.46. The molecule has 106 valence electrons. The van der Waals surface area contributed by atoms with Crippen LogP contribution in [0.3, 0.4) is 0 Å². The number of benzene rings is 2. The molecule has 0 aliphatic carbocycles. The highest BCUT2D eigenvalue weighted by atomic mass is 16.5. The lowest BCUT2D eigenvalue weighted by Crippen LogP contribution is -1.99. The second kappa shape index (κ2) is 6.96. The Morgan fingerprint density at radius 2 is 1.65 bits per heavy atom. The Hall–Kier alpha value is -2.00. The quantitative estimate of drug-likeness (QED) is 0.802. The minimum absolute atomic E-state index is 0.540. The zero-order valence-corrected chi connectivity index (χ0v) is 12.2. The van der Waals surface area contributed by atoms with Crippen molar-refractivity contribution in [3.8, 4) is 11.5 Å². The fraction of sp³-hybridized carbons (Fsp3) is 0.294. The van der Waals surface area contributed by atoms with Crippen molar-refractivity contribution in [3.63, 3.8) is 0 Å². The van der Waals surface area contributed by atoms with Gasteiger partial charge >= 0.3 is 0 Å². The molecule has 3 heteroatoms. The van der Waals surface area contributed by atoms with Crippen LogP contribution < -0.4 is 9.47 Å². The molecule has 2 aromatic rings. The fourth-order valence-corrected chi connectivity index (χ4v) is 2.01. The van der Waals surface area contributed by atoms with E-state index in [9.17, 15) is 0 Å². The Bertz CT molecular complexity index is 564. The first-order valence-corrected chi connectivity index (χ1v) is 6.57. The SMILES string of the molecule is COCc1cc(OC)cc(OCc2ccccc2C)c1. The summed E-state index contributed by atoms with van der Waals surface area (Å²) >= 11 is 0. The number of rotatable bonds is 6. The van der Waals surface area contributed by atoms with E-state index in [2.05, 4.69) is 19.1 Å². The Morgan fingerprint density at radius 1 is 0.900 bits per heavy atom. The van der Waals surface area contributed by atoms with Gasteiger partial charge in [0.2, 0.25) is 0 Å². The van der Waals surface area contributed by atoms with E-state index in [-0.39, 0.29) is 0 Å². The van der Waals surface area contributed by atoms with Gasteiger partial charge in [-0.1, -0.05) is 24.3 Å². The highest BCUT2D eigenvalue weighted by Crippen LogP contribution is 2.24. The molecule has 0 amide bonds. The molecular formula is C17H20O3. The number of ether oxygens (including phenoxy) is 3. The maximum absolute atomic E-state index is 5.87. The molecular weight excluding hydrogens is 252 g/mol. The van der Waals surface area contributed by atoms with Crippen molar-refractivity contribution < 1.29 is 14.2 Å². The van der Waals surface area contributed by atoms with Crippen LogP contribution in [0.25, 0.3) is 0 Å². The highest BCUT2D eigenvalue weighted by Gasteiger charge is 2.04. The van der Waals surface area contributed by atoms with Crippen LogP contribution in [-0.4, -0.2) is 14.2 Å².